The molecule has 0 saturated heterocycles. The van der Waals surface area contributed by atoms with E-state index < -0.39 is 5.97 Å². The quantitative estimate of drug-likeness (QED) is 0.642. The first-order valence-corrected chi connectivity index (χ1v) is 7.11. The molecule has 1 rings (SSSR count). The predicted molar refractivity (Wildman–Crippen MR) is 70.1 cm³/mol. The molecule has 1 saturated carbocycles. The molecule has 3 unspecified atom stereocenters. The zero-order chi connectivity index (χ0) is 12.7. The molecule has 0 aromatic carbocycles. The first-order chi connectivity index (χ1) is 8.15. The maximum atomic E-state index is 11.0. The molecule has 0 bridgehead atoms. The van der Waals surface area contributed by atoms with Gasteiger partial charge in [-0.3, -0.25) is 4.79 Å². The average Bonchev–Trinajstić information content (AvgIpc) is 2.75. The summed E-state index contributed by atoms with van der Waals surface area (Å²) >= 11 is 0. The second-order valence-electron chi connectivity index (χ2n) is 5.44. The maximum absolute atomic E-state index is 11.0. The molecule has 1 aliphatic carbocycles. The Bertz CT molecular complexity index is 230. The standard InChI is InChI=1S/C14H27NO2/c1-3-4-5-7-11(2)15-10-12-8-6-9-13(12)14(16)17/h11-13,15H,3-10H2,1-2H3,(H,16,17). The van der Waals surface area contributed by atoms with Gasteiger partial charge in [-0.2, -0.15) is 0 Å². The van der Waals surface area contributed by atoms with Crippen molar-refractivity contribution in [2.75, 3.05) is 6.54 Å². The molecule has 0 radical (unpaired) electrons. The first kappa shape index (κ1) is 14.5. The van der Waals surface area contributed by atoms with Crippen molar-refractivity contribution in [3.8, 4) is 0 Å². The van der Waals surface area contributed by atoms with Crippen LogP contribution in [0.5, 0.6) is 0 Å². The lowest BCUT2D eigenvalue weighted by Crippen LogP contribution is -2.34. The van der Waals surface area contributed by atoms with E-state index in [0.29, 0.717) is 12.0 Å². The number of carboxylic acids is 1. The van der Waals surface area contributed by atoms with Gasteiger partial charge < -0.3 is 10.4 Å². The SMILES string of the molecule is CCCCCC(C)NCC1CCCC1C(=O)O. The number of nitrogens with one attached hydrogen (secondary N) is 1. The van der Waals surface area contributed by atoms with E-state index in [2.05, 4.69) is 19.2 Å². The molecule has 100 valence electrons. The van der Waals surface area contributed by atoms with E-state index in [9.17, 15) is 4.79 Å². The normalized spacial score (nSPS) is 26.0. The lowest BCUT2D eigenvalue weighted by Gasteiger charge is -2.20. The van der Waals surface area contributed by atoms with Crippen molar-refractivity contribution in [1.29, 1.82) is 0 Å². The van der Waals surface area contributed by atoms with Gasteiger partial charge in [0.05, 0.1) is 5.92 Å². The van der Waals surface area contributed by atoms with Gasteiger partial charge in [0.15, 0.2) is 0 Å². The summed E-state index contributed by atoms with van der Waals surface area (Å²) in [5, 5.41) is 12.6. The van der Waals surface area contributed by atoms with Crippen molar-refractivity contribution < 1.29 is 9.90 Å². The lowest BCUT2D eigenvalue weighted by atomic mass is 9.96. The molecule has 3 nitrogen and oxygen atoms in total. The number of carboxylic acid groups (broad SMARTS) is 1. The summed E-state index contributed by atoms with van der Waals surface area (Å²) in [5.41, 5.74) is 0. The smallest absolute Gasteiger partial charge is 0.306 e. The molecule has 3 heteroatoms. The summed E-state index contributed by atoms with van der Waals surface area (Å²) in [6.45, 7) is 5.30. The van der Waals surface area contributed by atoms with Crippen LogP contribution in [-0.2, 0) is 4.79 Å². The average molecular weight is 241 g/mol. The Balaban J connectivity index is 2.18. The highest BCUT2D eigenvalue weighted by molar-refractivity contribution is 5.70. The van der Waals surface area contributed by atoms with Crippen LogP contribution in [0.3, 0.4) is 0 Å². The van der Waals surface area contributed by atoms with Crippen molar-refractivity contribution in [3.05, 3.63) is 0 Å². The third-order valence-electron chi connectivity index (χ3n) is 3.95. The minimum atomic E-state index is -0.604. The van der Waals surface area contributed by atoms with Crippen molar-refractivity contribution in [2.45, 2.75) is 64.8 Å². The van der Waals surface area contributed by atoms with E-state index in [0.717, 1.165) is 25.8 Å². The summed E-state index contributed by atoms with van der Waals surface area (Å²) in [6.07, 6.45) is 8.06. The van der Waals surface area contributed by atoms with Crippen molar-refractivity contribution in [1.82, 2.24) is 5.32 Å². The summed E-state index contributed by atoms with van der Waals surface area (Å²) in [7, 11) is 0. The number of aliphatic carboxylic acids is 1. The lowest BCUT2D eigenvalue weighted by molar-refractivity contribution is -0.142. The fourth-order valence-corrected chi connectivity index (χ4v) is 2.76. The van der Waals surface area contributed by atoms with Gasteiger partial charge in [0.25, 0.3) is 0 Å². The van der Waals surface area contributed by atoms with Gasteiger partial charge in [0.2, 0.25) is 0 Å². The van der Waals surface area contributed by atoms with Crippen LogP contribution in [0.15, 0.2) is 0 Å². The molecular formula is C14H27NO2. The number of carbonyl (C=O) groups is 1. The zero-order valence-corrected chi connectivity index (χ0v) is 11.2. The molecule has 0 aliphatic heterocycles. The molecule has 0 spiro atoms. The van der Waals surface area contributed by atoms with E-state index in [1.54, 1.807) is 0 Å². The Morgan fingerprint density at radius 1 is 1.41 bits per heavy atom. The fourth-order valence-electron chi connectivity index (χ4n) is 2.76. The summed E-state index contributed by atoms with van der Waals surface area (Å²) in [4.78, 5) is 11.0. The van der Waals surface area contributed by atoms with Crippen LogP contribution in [0.2, 0.25) is 0 Å². The predicted octanol–water partition coefficient (Wildman–Crippen LogP) is 3.05. The number of hydrogen-bond donors (Lipinski definition) is 2. The van der Waals surface area contributed by atoms with Crippen molar-refractivity contribution in [2.24, 2.45) is 11.8 Å². The Labute approximate surface area is 105 Å². The minimum Gasteiger partial charge on any atom is -0.481 e. The largest absolute Gasteiger partial charge is 0.481 e. The number of unbranched alkanes of at least 4 members (excludes halogenated alkanes) is 2. The molecule has 2 N–H and O–H groups in total. The Kier molecular flexibility index (Phi) is 6.56. The molecular weight excluding hydrogens is 214 g/mol. The van der Waals surface area contributed by atoms with Crippen LogP contribution in [-0.4, -0.2) is 23.7 Å². The van der Waals surface area contributed by atoms with Gasteiger partial charge in [-0.1, -0.05) is 32.6 Å². The maximum Gasteiger partial charge on any atom is 0.306 e. The molecule has 0 amide bonds. The van der Waals surface area contributed by atoms with Gasteiger partial charge in [-0.15, -0.1) is 0 Å². The van der Waals surface area contributed by atoms with Gasteiger partial charge >= 0.3 is 5.97 Å². The fraction of sp³-hybridized carbons (Fsp3) is 0.929. The molecule has 3 atom stereocenters. The third kappa shape index (κ3) is 5.07. The molecule has 0 aromatic rings. The number of hydrogen-bond acceptors (Lipinski definition) is 2. The topological polar surface area (TPSA) is 49.3 Å². The van der Waals surface area contributed by atoms with Crippen LogP contribution in [0.1, 0.15) is 58.8 Å². The monoisotopic (exact) mass is 241 g/mol. The third-order valence-corrected chi connectivity index (χ3v) is 3.95. The van der Waals surface area contributed by atoms with Crippen molar-refractivity contribution in [3.63, 3.8) is 0 Å². The summed E-state index contributed by atoms with van der Waals surface area (Å²) in [5.74, 6) is -0.362. The Morgan fingerprint density at radius 2 is 2.18 bits per heavy atom. The molecule has 1 fully saturated rings. The highest BCUT2D eigenvalue weighted by Gasteiger charge is 2.32. The second-order valence-corrected chi connectivity index (χ2v) is 5.44. The van der Waals surface area contributed by atoms with Crippen LogP contribution >= 0.6 is 0 Å². The summed E-state index contributed by atoms with van der Waals surface area (Å²) < 4.78 is 0. The van der Waals surface area contributed by atoms with Crippen LogP contribution in [0.25, 0.3) is 0 Å². The minimum absolute atomic E-state index is 0.106. The van der Waals surface area contributed by atoms with Gasteiger partial charge in [-0.05, 0) is 38.6 Å². The van der Waals surface area contributed by atoms with Crippen LogP contribution in [0, 0.1) is 11.8 Å². The Morgan fingerprint density at radius 3 is 2.82 bits per heavy atom. The van der Waals surface area contributed by atoms with Gasteiger partial charge in [0.1, 0.15) is 0 Å². The Hall–Kier alpha value is -0.570. The zero-order valence-electron chi connectivity index (χ0n) is 11.2. The number of rotatable bonds is 8. The summed E-state index contributed by atoms with van der Waals surface area (Å²) in [6, 6.07) is 0.525. The van der Waals surface area contributed by atoms with E-state index >= 15 is 0 Å². The van der Waals surface area contributed by atoms with Gasteiger partial charge in [-0.25, -0.2) is 0 Å². The highest BCUT2D eigenvalue weighted by atomic mass is 16.4. The van der Waals surface area contributed by atoms with E-state index in [-0.39, 0.29) is 5.92 Å². The van der Waals surface area contributed by atoms with E-state index in [4.69, 9.17) is 5.11 Å². The van der Waals surface area contributed by atoms with Gasteiger partial charge in [0, 0.05) is 6.04 Å². The molecule has 17 heavy (non-hydrogen) atoms. The molecule has 1 aliphatic rings. The second kappa shape index (κ2) is 7.70. The van der Waals surface area contributed by atoms with Crippen LogP contribution < -0.4 is 5.32 Å². The van der Waals surface area contributed by atoms with Crippen LogP contribution in [0.4, 0.5) is 0 Å². The molecule has 0 aromatic heterocycles. The van der Waals surface area contributed by atoms with Crippen molar-refractivity contribution >= 4 is 5.97 Å². The molecule has 0 heterocycles. The highest BCUT2D eigenvalue weighted by Crippen LogP contribution is 2.31. The van der Waals surface area contributed by atoms with E-state index in [1.807, 2.05) is 0 Å². The van der Waals surface area contributed by atoms with E-state index in [1.165, 1.54) is 25.7 Å². The first-order valence-electron chi connectivity index (χ1n) is 7.11.